The Morgan fingerprint density at radius 1 is 1.15 bits per heavy atom. The van der Waals surface area contributed by atoms with Crippen LogP contribution in [-0.4, -0.2) is 46.0 Å². The Morgan fingerprint density at radius 2 is 1.80 bits per heavy atom. The van der Waals surface area contributed by atoms with Crippen molar-refractivity contribution in [1.82, 2.24) is 4.90 Å². The number of rotatable bonds is 6. The number of piperidine rings is 1. The monoisotopic (exact) mass is 281 g/mol. The lowest BCUT2D eigenvalue weighted by atomic mass is 9.85. The van der Waals surface area contributed by atoms with Gasteiger partial charge in [0.05, 0.1) is 11.8 Å². The minimum Gasteiger partial charge on any atom is -0.481 e. The van der Waals surface area contributed by atoms with Gasteiger partial charge < -0.3 is 15.1 Å². The van der Waals surface area contributed by atoms with Gasteiger partial charge in [-0.05, 0) is 19.3 Å². The van der Waals surface area contributed by atoms with Gasteiger partial charge in [-0.15, -0.1) is 12.3 Å². The lowest BCUT2D eigenvalue weighted by Gasteiger charge is -2.34. The summed E-state index contributed by atoms with van der Waals surface area (Å²) < 4.78 is 0. The summed E-state index contributed by atoms with van der Waals surface area (Å²) in [5.41, 5.74) is 0. The summed E-state index contributed by atoms with van der Waals surface area (Å²) >= 11 is 0. The third-order valence-corrected chi connectivity index (χ3v) is 3.56. The van der Waals surface area contributed by atoms with Gasteiger partial charge in [0.25, 0.3) is 0 Å². The predicted molar refractivity (Wildman–Crippen MR) is 70.7 cm³/mol. The van der Waals surface area contributed by atoms with Gasteiger partial charge in [0, 0.05) is 25.9 Å². The van der Waals surface area contributed by atoms with Gasteiger partial charge in [-0.3, -0.25) is 14.4 Å². The molecule has 6 nitrogen and oxygen atoms in total. The van der Waals surface area contributed by atoms with Crippen LogP contribution in [0.5, 0.6) is 0 Å². The average Bonchev–Trinajstić information content (AvgIpc) is 2.42. The number of unbranched alkanes of at least 4 members (excludes halogenated alkanes) is 2. The minimum absolute atomic E-state index is 0.0275. The van der Waals surface area contributed by atoms with E-state index in [1.54, 1.807) is 0 Å². The standard InChI is InChI=1S/C14H19NO5/c1-2-3-4-5-6-12(16)15-8-7-10(13(17)18)11(9-15)14(19)20/h1,10-11H,3-9H2,(H,17,18)(H,19,20). The first-order valence-corrected chi connectivity index (χ1v) is 6.64. The third kappa shape index (κ3) is 4.26. The van der Waals surface area contributed by atoms with Gasteiger partial charge in [0.15, 0.2) is 0 Å². The molecular formula is C14H19NO5. The highest BCUT2D eigenvalue weighted by molar-refractivity contribution is 5.82. The van der Waals surface area contributed by atoms with Crippen LogP contribution in [0.1, 0.15) is 32.1 Å². The number of aliphatic carboxylic acids is 2. The number of nitrogens with zero attached hydrogens (tertiary/aromatic N) is 1. The molecule has 1 amide bonds. The van der Waals surface area contributed by atoms with Crippen molar-refractivity contribution in [2.24, 2.45) is 11.8 Å². The van der Waals surface area contributed by atoms with Gasteiger partial charge in [-0.25, -0.2) is 0 Å². The first kappa shape index (κ1) is 16.0. The molecule has 6 heteroatoms. The fourth-order valence-electron chi connectivity index (χ4n) is 2.39. The van der Waals surface area contributed by atoms with E-state index in [2.05, 4.69) is 5.92 Å². The molecule has 0 radical (unpaired) electrons. The zero-order valence-corrected chi connectivity index (χ0v) is 11.2. The molecule has 1 heterocycles. The number of likely N-dealkylation sites (tertiary alicyclic amines) is 1. The molecule has 1 aliphatic rings. The predicted octanol–water partition coefficient (Wildman–Crippen LogP) is 0.814. The lowest BCUT2D eigenvalue weighted by Crippen LogP contribution is -2.48. The second kappa shape index (κ2) is 7.53. The molecule has 1 saturated heterocycles. The van der Waals surface area contributed by atoms with Gasteiger partial charge in [0.1, 0.15) is 0 Å². The fourth-order valence-corrected chi connectivity index (χ4v) is 2.39. The van der Waals surface area contributed by atoms with Crippen molar-refractivity contribution in [2.45, 2.75) is 32.1 Å². The topological polar surface area (TPSA) is 94.9 Å². The smallest absolute Gasteiger partial charge is 0.309 e. The maximum atomic E-state index is 11.9. The van der Waals surface area contributed by atoms with E-state index in [1.165, 1.54) is 4.90 Å². The van der Waals surface area contributed by atoms with E-state index in [1.807, 2.05) is 0 Å². The molecule has 1 rings (SSSR count). The summed E-state index contributed by atoms with van der Waals surface area (Å²) in [6.07, 6.45) is 7.67. The largest absolute Gasteiger partial charge is 0.481 e. The minimum atomic E-state index is -1.16. The highest BCUT2D eigenvalue weighted by Crippen LogP contribution is 2.25. The molecule has 110 valence electrons. The van der Waals surface area contributed by atoms with Crippen LogP contribution in [0.3, 0.4) is 0 Å². The van der Waals surface area contributed by atoms with E-state index in [9.17, 15) is 14.4 Å². The number of terminal acetylenes is 1. The fraction of sp³-hybridized carbons (Fsp3) is 0.643. The normalized spacial score (nSPS) is 22.1. The zero-order valence-electron chi connectivity index (χ0n) is 11.2. The van der Waals surface area contributed by atoms with Crippen LogP contribution < -0.4 is 0 Å². The van der Waals surface area contributed by atoms with Crippen LogP contribution in [0.25, 0.3) is 0 Å². The molecule has 0 aromatic carbocycles. The lowest BCUT2D eigenvalue weighted by molar-refractivity contribution is -0.159. The molecule has 0 aromatic rings. The maximum absolute atomic E-state index is 11.9. The van der Waals surface area contributed by atoms with E-state index < -0.39 is 23.8 Å². The third-order valence-electron chi connectivity index (χ3n) is 3.56. The van der Waals surface area contributed by atoms with Crippen LogP contribution in [0, 0.1) is 24.2 Å². The first-order valence-electron chi connectivity index (χ1n) is 6.64. The van der Waals surface area contributed by atoms with Crippen LogP contribution in [0.2, 0.25) is 0 Å². The Labute approximate surface area is 117 Å². The molecule has 0 bridgehead atoms. The summed E-state index contributed by atoms with van der Waals surface area (Å²) in [7, 11) is 0. The quantitative estimate of drug-likeness (QED) is 0.555. The summed E-state index contributed by atoms with van der Waals surface area (Å²) in [6.45, 7) is 0.273. The molecule has 1 fully saturated rings. The van der Waals surface area contributed by atoms with Gasteiger partial charge in [-0.2, -0.15) is 0 Å². The number of carbonyl (C=O) groups is 3. The molecule has 0 saturated carbocycles. The number of carboxylic acids is 2. The SMILES string of the molecule is C#CCCCCC(=O)N1CCC(C(=O)O)C(C(=O)O)C1. The Kier molecular flexibility index (Phi) is 6.04. The number of carbonyl (C=O) groups excluding carboxylic acids is 1. The summed E-state index contributed by atoms with van der Waals surface area (Å²) in [4.78, 5) is 35.5. The summed E-state index contributed by atoms with van der Waals surface area (Å²) in [5, 5.41) is 18.1. The van der Waals surface area contributed by atoms with E-state index in [0.29, 0.717) is 25.8 Å². The Balaban J connectivity index is 2.54. The zero-order chi connectivity index (χ0) is 15.1. The van der Waals surface area contributed by atoms with Crippen molar-refractivity contribution >= 4 is 17.8 Å². The van der Waals surface area contributed by atoms with Crippen molar-refractivity contribution in [3.8, 4) is 12.3 Å². The Morgan fingerprint density at radius 3 is 2.35 bits per heavy atom. The number of amides is 1. The highest BCUT2D eigenvalue weighted by Gasteiger charge is 2.39. The summed E-state index contributed by atoms with van der Waals surface area (Å²) in [6, 6.07) is 0. The van der Waals surface area contributed by atoms with Crippen molar-refractivity contribution in [3.05, 3.63) is 0 Å². The van der Waals surface area contributed by atoms with Crippen molar-refractivity contribution in [3.63, 3.8) is 0 Å². The molecular weight excluding hydrogens is 262 g/mol. The number of hydrogen-bond acceptors (Lipinski definition) is 3. The molecule has 1 aliphatic heterocycles. The van der Waals surface area contributed by atoms with Crippen LogP contribution >= 0.6 is 0 Å². The number of hydrogen-bond donors (Lipinski definition) is 2. The van der Waals surface area contributed by atoms with Gasteiger partial charge >= 0.3 is 11.9 Å². The first-order chi connectivity index (χ1) is 9.47. The van der Waals surface area contributed by atoms with Crippen molar-refractivity contribution < 1.29 is 24.6 Å². The van der Waals surface area contributed by atoms with Crippen molar-refractivity contribution in [2.75, 3.05) is 13.1 Å². The molecule has 0 spiro atoms. The second-order valence-electron chi connectivity index (χ2n) is 4.93. The van der Waals surface area contributed by atoms with E-state index >= 15 is 0 Å². The molecule has 2 atom stereocenters. The maximum Gasteiger partial charge on any atom is 0.309 e. The second-order valence-corrected chi connectivity index (χ2v) is 4.93. The van der Waals surface area contributed by atoms with Gasteiger partial charge in [0.2, 0.25) is 5.91 Å². The van der Waals surface area contributed by atoms with Crippen molar-refractivity contribution in [1.29, 1.82) is 0 Å². The molecule has 20 heavy (non-hydrogen) atoms. The Hall–Kier alpha value is -2.03. The van der Waals surface area contributed by atoms with E-state index in [0.717, 1.165) is 6.42 Å². The molecule has 0 aliphatic carbocycles. The van der Waals surface area contributed by atoms with Crippen LogP contribution in [0.4, 0.5) is 0 Å². The van der Waals surface area contributed by atoms with Gasteiger partial charge in [-0.1, -0.05) is 0 Å². The van der Waals surface area contributed by atoms with Crippen LogP contribution in [-0.2, 0) is 14.4 Å². The Bertz CT molecular complexity index is 426. The molecule has 0 aromatic heterocycles. The summed E-state index contributed by atoms with van der Waals surface area (Å²) in [5.74, 6) is -1.86. The average molecular weight is 281 g/mol. The van der Waals surface area contributed by atoms with E-state index in [-0.39, 0.29) is 18.9 Å². The molecule has 2 unspecified atom stereocenters. The molecule has 2 N–H and O–H groups in total. The highest BCUT2D eigenvalue weighted by atomic mass is 16.4. The van der Waals surface area contributed by atoms with Crippen LogP contribution in [0.15, 0.2) is 0 Å². The van der Waals surface area contributed by atoms with E-state index in [4.69, 9.17) is 16.6 Å². The number of carboxylic acid groups (broad SMARTS) is 2.